The van der Waals surface area contributed by atoms with Gasteiger partial charge in [-0.05, 0) is 48.6 Å². The van der Waals surface area contributed by atoms with Crippen molar-refractivity contribution in [3.05, 3.63) is 102 Å². The predicted molar refractivity (Wildman–Crippen MR) is 163 cm³/mol. The first-order valence-corrected chi connectivity index (χ1v) is 15.0. The zero-order chi connectivity index (χ0) is 29.3. The maximum Gasteiger partial charge on any atom is 0.252 e. The van der Waals surface area contributed by atoms with E-state index in [9.17, 15) is 19.8 Å². The molecule has 1 aliphatic heterocycles. The number of aliphatic hydroxyl groups excluding tert-OH is 2. The van der Waals surface area contributed by atoms with Gasteiger partial charge in [-0.3, -0.25) is 9.59 Å². The van der Waals surface area contributed by atoms with Crippen molar-refractivity contribution in [2.45, 2.75) is 44.6 Å². The molecule has 2 heterocycles. The Bertz CT molecular complexity index is 1450. The summed E-state index contributed by atoms with van der Waals surface area (Å²) in [6, 6.07) is 27.3. The van der Waals surface area contributed by atoms with Gasteiger partial charge in [-0.25, -0.2) is 4.98 Å². The van der Waals surface area contributed by atoms with Crippen LogP contribution in [0, 0.1) is 5.92 Å². The highest BCUT2D eigenvalue weighted by molar-refractivity contribution is 7.13. The fraction of sp³-hybridized carbons (Fsp3) is 0.303. The molecule has 5 rings (SSSR count). The number of nitrogens with one attached hydrogen (secondary N) is 1. The van der Waals surface area contributed by atoms with E-state index < -0.39 is 23.9 Å². The number of hydrogen-bond donors (Lipinski definition) is 3. The van der Waals surface area contributed by atoms with Crippen molar-refractivity contribution in [2.75, 3.05) is 18.0 Å². The van der Waals surface area contributed by atoms with E-state index >= 15 is 0 Å². The van der Waals surface area contributed by atoms with Crippen molar-refractivity contribution in [1.29, 1.82) is 0 Å². The summed E-state index contributed by atoms with van der Waals surface area (Å²) in [5.41, 5.74) is 3.79. The summed E-state index contributed by atoms with van der Waals surface area (Å²) in [6.45, 7) is 2.06. The summed E-state index contributed by atoms with van der Waals surface area (Å²) >= 11 is 1.56. The molecule has 4 aromatic rings. The van der Waals surface area contributed by atoms with Crippen molar-refractivity contribution in [1.82, 2.24) is 10.3 Å². The largest absolute Gasteiger partial charge is 0.487 e. The molecule has 0 unspecified atom stereocenters. The molecule has 1 saturated heterocycles. The molecule has 42 heavy (non-hydrogen) atoms. The maximum atomic E-state index is 12.7. The quantitative estimate of drug-likeness (QED) is 0.223. The minimum atomic E-state index is -1.83. The van der Waals surface area contributed by atoms with E-state index in [1.807, 2.05) is 72.1 Å². The maximum absolute atomic E-state index is 12.7. The second kappa shape index (κ2) is 14.2. The Kier molecular flexibility index (Phi) is 9.97. The molecule has 1 fully saturated rings. The Morgan fingerprint density at radius 3 is 2.40 bits per heavy atom. The van der Waals surface area contributed by atoms with Gasteiger partial charge in [0.2, 0.25) is 0 Å². The highest BCUT2D eigenvalue weighted by atomic mass is 32.1. The third kappa shape index (κ3) is 7.82. The average Bonchev–Trinajstić information content (AvgIpc) is 3.52. The van der Waals surface area contributed by atoms with E-state index in [2.05, 4.69) is 27.3 Å². The summed E-state index contributed by atoms with van der Waals surface area (Å²) < 4.78 is 5.90. The van der Waals surface area contributed by atoms with Crippen LogP contribution < -0.4 is 15.0 Å². The normalized spacial score (nSPS) is 15.1. The molecule has 9 heteroatoms. The first kappa shape index (κ1) is 29.4. The topological polar surface area (TPSA) is 112 Å². The molecule has 3 aromatic carbocycles. The number of hydrogen-bond acceptors (Lipinski definition) is 8. The van der Waals surface area contributed by atoms with Gasteiger partial charge in [0.1, 0.15) is 23.5 Å². The third-order valence-electron chi connectivity index (χ3n) is 7.45. The van der Waals surface area contributed by atoms with Crippen LogP contribution in [0.2, 0.25) is 0 Å². The fourth-order valence-electron chi connectivity index (χ4n) is 5.04. The van der Waals surface area contributed by atoms with Gasteiger partial charge < -0.3 is 25.2 Å². The number of para-hydroxylation sites is 1. The second-order valence-electron chi connectivity index (χ2n) is 10.5. The van der Waals surface area contributed by atoms with Crippen LogP contribution in [0.25, 0.3) is 10.6 Å². The van der Waals surface area contributed by atoms with Gasteiger partial charge in [-0.15, -0.1) is 11.3 Å². The van der Waals surface area contributed by atoms with E-state index in [-0.39, 0.29) is 18.9 Å². The average molecular weight is 586 g/mol. The van der Waals surface area contributed by atoms with Crippen molar-refractivity contribution < 1.29 is 24.5 Å². The number of nitrogens with zero attached hydrogens (tertiary/aromatic N) is 2. The number of benzene rings is 3. The van der Waals surface area contributed by atoms with Crippen molar-refractivity contribution in [3.8, 4) is 16.3 Å². The summed E-state index contributed by atoms with van der Waals surface area (Å²) in [5.74, 6) is -0.579. The number of amides is 1. The van der Waals surface area contributed by atoms with E-state index in [1.54, 1.807) is 17.4 Å². The first-order valence-electron chi connectivity index (χ1n) is 14.1. The Morgan fingerprint density at radius 2 is 1.67 bits per heavy atom. The van der Waals surface area contributed by atoms with Crippen LogP contribution in [0.4, 0.5) is 5.69 Å². The molecular formula is C33H35N3O5S. The zero-order valence-electron chi connectivity index (χ0n) is 23.3. The van der Waals surface area contributed by atoms with Gasteiger partial charge in [-0.2, -0.15) is 0 Å². The zero-order valence-corrected chi connectivity index (χ0v) is 24.1. The highest BCUT2D eigenvalue weighted by Crippen LogP contribution is 2.26. The highest BCUT2D eigenvalue weighted by Gasteiger charge is 2.32. The molecule has 0 radical (unpaired) electrons. The Morgan fingerprint density at radius 1 is 0.952 bits per heavy atom. The van der Waals surface area contributed by atoms with E-state index in [4.69, 9.17) is 4.74 Å². The van der Waals surface area contributed by atoms with Crippen LogP contribution in [0.1, 0.15) is 30.5 Å². The number of piperidine rings is 1. The number of aromatic nitrogens is 1. The predicted octanol–water partition coefficient (Wildman–Crippen LogP) is 4.60. The number of ether oxygens (including phenoxy) is 1. The monoisotopic (exact) mass is 585 g/mol. The smallest absolute Gasteiger partial charge is 0.252 e. The first-order chi connectivity index (χ1) is 20.5. The third-order valence-corrected chi connectivity index (χ3v) is 8.39. The van der Waals surface area contributed by atoms with Crippen molar-refractivity contribution in [3.63, 3.8) is 0 Å². The molecular weight excluding hydrogens is 550 g/mol. The summed E-state index contributed by atoms with van der Waals surface area (Å²) in [4.78, 5) is 32.1. The molecule has 218 valence electrons. The SMILES string of the molecule is O=C(CC1CCN(c2ccccc2)CC1)[C@H](O)[C@@H](O)C(=O)NCc1cccc(OCc2csc(-c3ccccc3)n2)c1. The molecule has 8 nitrogen and oxygen atoms in total. The Hall–Kier alpha value is -4.05. The van der Waals surface area contributed by atoms with Crippen LogP contribution in [-0.4, -0.2) is 52.2 Å². The Labute approximate surface area is 249 Å². The van der Waals surface area contributed by atoms with E-state index in [0.29, 0.717) is 12.4 Å². The van der Waals surface area contributed by atoms with Crippen LogP contribution in [0.5, 0.6) is 5.75 Å². The summed E-state index contributed by atoms with van der Waals surface area (Å²) in [7, 11) is 0. The minimum absolute atomic E-state index is 0.110. The number of anilines is 1. The number of carbonyl (C=O) groups excluding carboxylic acids is 2. The number of rotatable bonds is 12. The standard InChI is InChI=1S/C33H35N3O5S/c37-29(19-23-14-16-36(17-15-23)27-11-5-2-6-12-27)30(38)31(39)32(40)34-20-24-8-7-13-28(18-24)41-21-26-22-42-33(35-26)25-9-3-1-4-10-25/h1-13,18,22-23,30-31,38-39H,14-17,19-21H2,(H,34,40)/t30-,31+/m0/s1. The van der Waals surface area contributed by atoms with Gasteiger partial charge in [0, 0.05) is 42.7 Å². The lowest BCUT2D eigenvalue weighted by Gasteiger charge is -2.33. The van der Waals surface area contributed by atoms with Crippen molar-refractivity contribution >= 4 is 28.7 Å². The molecule has 1 aromatic heterocycles. The summed E-state index contributed by atoms with van der Waals surface area (Å²) in [5, 5.41) is 26.3. The van der Waals surface area contributed by atoms with E-state index in [0.717, 1.165) is 53.4 Å². The lowest BCUT2D eigenvalue weighted by Crippen LogP contribution is -2.46. The van der Waals surface area contributed by atoms with Crippen LogP contribution >= 0.6 is 11.3 Å². The molecule has 0 spiro atoms. The van der Waals surface area contributed by atoms with Crippen LogP contribution in [-0.2, 0) is 22.7 Å². The van der Waals surface area contributed by atoms with Crippen molar-refractivity contribution in [2.24, 2.45) is 5.92 Å². The van der Waals surface area contributed by atoms with Gasteiger partial charge in [0.25, 0.3) is 5.91 Å². The molecule has 1 aliphatic rings. The molecule has 2 atom stereocenters. The number of Topliss-reactive ketones (excluding diaryl/α,β-unsaturated/α-hetero) is 1. The number of carbonyl (C=O) groups is 2. The van der Waals surface area contributed by atoms with Gasteiger partial charge >= 0.3 is 0 Å². The Balaban J connectivity index is 1.05. The molecule has 0 aliphatic carbocycles. The lowest BCUT2D eigenvalue weighted by molar-refractivity contribution is -0.145. The number of thiazole rings is 1. The number of ketones is 1. The van der Waals surface area contributed by atoms with Gasteiger partial charge in [-0.1, -0.05) is 60.7 Å². The van der Waals surface area contributed by atoms with E-state index in [1.165, 1.54) is 0 Å². The lowest BCUT2D eigenvalue weighted by atomic mass is 9.89. The molecule has 0 saturated carbocycles. The molecule has 0 bridgehead atoms. The van der Waals surface area contributed by atoms with Gasteiger partial charge in [0.05, 0.1) is 5.69 Å². The van der Waals surface area contributed by atoms with Gasteiger partial charge in [0.15, 0.2) is 11.9 Å². The summed E-state index contributed by atoms with van der Waals surface area (Å²) in [6.07, 6.45) is -1.83. The van der Waals surface area contributed by atoms with Crippen LogP contribution in [0.15, 0.2) is 90.3 Å². The molecule has 3 N–H and O–H groups in total. The second-order valence-corrected chi connectivity index (χ2v) is 11.3. The molecule has 1 amide bonds. The minimum Gasteiger partial charge on any atom is -0.487 e. The number of aliphatic hydroxyl groups is 2. The van der Waals surface area contributed by atoms with Crippen LogP contribution in [0.3, 0.4) is 0 Å². The fourth-order valence-corrected chi connectivity index (χ4v) is 5.85.